The average molecular weight is 225 g/mol. The molecule has 0 amide bonds. The molecule has 16 heavy (non-hydrogen) atoms. The van der Waals surface area contributed by atoms with Gasteiger partial charge in [-0.25, -0.2) is 0 Å². The van der Waals surface area contributed by atoms with Crippen LogP contribution in [0.2, 0.25) is 0 Å². The number of nitrogens with one attached hydrogen (secondary N) is 1. The maximum Gasteiger partial charge on any atom is 0.0604 e. The molecule has 2 aliphatic carbocycles. The third-order valence-electron chi connectivity index (χ3n) is 4.46. The lowest BCUT2D eigenvalue weighted by Gasteiger charge is -2.38. The molecule has 2 rings (SSSR count). The molecule has 2 saturated carbocycles. The molecule has 0 aromatic rings. The van der Waals surface area contributed by atoms with Gasteiger partial charge in [-0.1, -0.05) is 26.2 Å². The minimum atomic E-state index is 0.547. The summed E-state index contributed by atoms with van der Waals surface area (Å²) in [6.45, 7) is 6.63. The highest BCUT2D eigenvalue weighted by molar-refractivity contribution is 4.87. The maximum absolute atomic E-state index is 5.58. The summed E-state index contributed by atoms with van der Waals surface area (Å²) in [4.78, 5) is 0. The summed E-state index contributed by atoms with van der Waals surface area (Å²) in [5.41, 5.74) is 0. The fraction of sp³-hybridized carbons (Fsp3) is 1.00. The topological polar surface area (TPSA) is 21.3 Å². The van der Waals surface area contributed by atoms with Crippen LogP contribution in [-0.2, 0) is 4.74 Å². The van der Waals surface area contributed by atoms with E-state index >= 15 is 0 Å². The van der Waals surface area contributed by atoms with Crippen LogP contribution in [0.3, 0.4) is 0 Å². The Kier molecular flexibility index (Phi) is 4.66. The lowest BCUT2D eigenvalue weighted by molar-refractivity contribution is -0.0114. The zero-order valence-corrected chi connectivity index (χ0v) is 10.9. The quantitative estimate of drug-likeness (QED) is 0.776. The van der Waals surface area contributed by atoms with Gasteiger partial charge in [-0.05, 0) is 44.6 Å². The molecule has 0 spiro atoms. The molecular weight excluding hydrogens is 198 g/mol. The summed E-state index contributed by atoms with van der Waals surface area (Å²) in [5.74, 6) is 1.86. The predicted molar refractivity (Wildman–Crippen MR) is 67.6 cm³/mol. The summed E-state index contributed by atoms with van der Waals surface area (Å²) in [7, 11) is 0. The molecule has 0 bridgehead atoms. The molecule has 0 aromatic heterocycles. The molecule has 1 N–H and O–H groups in total. The molecular formula is C14H27NO. The average Bonchev–Trinajstić information content (AvgIpc) is 2.23. The van der Waals surface area contributed by atoms with Crippen molar-refractivity contribution in [3.05, 3.63) is 0 Å². The van der Waals surface area contributed by atoms with Gasteiger partial charge in [0, 0.05) is 12.6 Å². The van der Waals surface area contributed by atoms with Crippen molar-refractivity contribution in [2.24, 2.45) is 11.8 Å². The van der Waals surface area contributed by atoms with Crippen LogP contribution >= 0.6 is 0 Å². The molecule has 2 heteroatoms. The Balaban J connectivity index is 1.58. The molecule has 0 aliphatic heterocycles. The van der Waals surface area contributed by atoms with Crippen molar-refractivity contribution >= 4 is 0 Å². The largest absolute Gasteiger partial charge is 0.378 e. The van der Waals surface area contributed by atoms with Gasteiger partial charge in [-0.3, -0.25) is 0 Å². The fourth-order valence-electron chi connectivity index (χ4n) is 3.12. The Morgan fingerprint density at radius 1 is 1.19 bits per heavy atom. The summed E-state index contributed by atoms with van der Waals surface area (Å²) >= 11 is 0. The minimum Gasteiger partial charge on any atom is -0.378 e. The van der Waals surface area contributed by atoms with Gasteiger partial charge in [0.2, 0.25) is 0 Å². The monoisotopic (exact) mass is 225 g/mol. The zero-order chi connectivity index (χ0) is 11.4. The van der Waals surface area contributed by atoms with Crippen molar-refractivity contribution in [1.29, 1.82) is 0 Å². The number of ether oxygens (including phenoxy) is 1. The van der Waals surface area contributed by atoms with Gasteiger partial charge in [-0.15, -0.1) is 0 Å². The normalized spacial score (nSPS) is 39.4. The highest BCUT2D eigenvalue weighted by Crippen LogP contribution is 2.30. The summed E-state index contributed by atoms with van der Waals surface area (Å²) in [6, 6.07) is 0.741. The van der Waals surface area contributed by atoms with Crippen molar-refractivity contribution in [1.82, 2.24) is 5.32 Å². The third kappa shape index (κ3) is 3.21. The first-order valence-electron chi connectivity index (χ1n) is 7.14. The Morgan fingerprint density at radius 3 is 2.62 bits per heavy atom. The Hall–Kier alpha value is -0.0800. The van der Waals surface area contributed by atoms with Gasteiger partial charge in [0.1, 0.15) is 0 Å². The summed E-state index contributed by atoms with van der Waals surface area (Å²) in [6.07, 6.45) is 8.79. The van der Waals surface area contributed by atoms with E-state index in [1.165, 1.54) is 45.1 Å². The van der Waals surface area contributed by atoms with Crippen LogP contribution < -0.4 is 5.32 Å². The first kappa shape index (κ1) is 12.4. The van der Waals surface area contributed by atoms with E-state index in [0.29, 0.717) is 6.10 Å². The number of hydrogen-bond donors (Lipinski definition) is 1. The molecule has 0 radical (unpaired) electrons. The smallest absolute Gasteiger partial charge is 0.0604 e. The Bertz CT molecular complexity index is 201. The van der Waals surface area contributed by atoms with Crippen molar-refractivity contribution in [3.63, 3.8) is 0 Å². The molecule has 0 heterocycles. The first-order valence-corrected chi connectivity index (χ1v) is 7.14. The van der Waals surface area contributed by atoms with Gasteiger partial charge >= 0.3 is 0 Å². The van der Waals surface area contributed by atoms with E-state index in [9.17, 15) is 0 Å². The van der Waals surface area contributed by atoms with Crippen LogP contribution in [0.1, 0.15) is 52.4 Å². The maximum atomic E-state index is 5.58. The van der Waals surface area contributed by atoms with E-state index in [1.807, 2.05) is 0 Å². The number of rotatable bonds is 5. The highest BCUT2D eigenvalue weighted by Gasteiger charge is 2.30. The second-order valence-corrected chi connectivity index (χ2v) is 5.68. The van der Waals surface area contributed by atoms with E-state index in [1.54, 1.807) is 0 Å². The van der Waals surface area contributed by atoms with Crippen LogP contribution in [0, 0.1) is 11.8 Å². The van der Waals surface area contributed by atoms with E-state index in [2.05, 4.69) is 19.2 Å². The highest BCUT2D eigenvalue weighted by atomic mass is 16.5. The van der Waals surface area contributed by atoms with Crippen LogP contribution in [0.4, 0.5) is 0 Å². The molecule has 2 aliphatic rings. The van der Waals surface area contributed by atoms with Gasteiger partial charge in [-0.2, -0.15) is 0 Å². The van der Waals surface area contributed by atoms with Gasteiger partial charge in [0.05, 0.1) is 6.10 Å². The minimum absolute atomic E-state index is 0.547. The Morgan fingerprint density at radius 2 is 1.94 bits per heavy atom. The standard InChI is InChI=1S/C14H27NO/c1-3-16-14-8-13(9-14)15-10-12-7-5-4-6-11(12)2/h11-15H,3-10H2,1-2H3. The van der Waals surface area contributed by atoms with Gasteiger partial charge in [0.25, 0.3) is 0 Å². The molecule has 2 fully saturated rings. The predicted octanol–water partition coefficient (Wildman–Crippen LogP) is 2.97. The van der Waals surface area contributed by atoms with Crippen LogP contribution in [0.5, 0.6) is 0 Å². The second kappa shape index (κ2) is 6.02. The van der Waals surface area contributed by atoms with E-state index < -0.39 is 0 Å². The van der Waals surface area contributed by atoms with Crippen molar-refractivity contribution in [2.45, 2.75) is 64.5 Å². The van der Waals surface area contributed by atoms with Crippen molar-refractivity contribution in [3.8, 4) is 0 Å². The fourth-order valence-corrected chi connectivity index (χ4v) is 3.12. The lowest BCUT2D eigenvalue weighted by Crippen LogP contribution is -2.47. The molecule has 94 valence electrons. The van der Waals surface area contributed by atoms with Crippen LogP contribution in [0.25, 0.3) is 0 Å². The molecule has 2 atom stereocenters. The Labute approximate surface area is 100 Å². The summed E-state index contributed by atoms with van der Waals surface area (Å²) in [5, 5.41) is 3.73. The van der Waals surface area contributed by atoms with Crippen molar-refractivity contribution in [2.75, 3.05) is 13.2 Å². The van der Waals surface area contributed by atoms with Crippen LogP contribution in [0.15, 0.2) is 0 Å². The molecule has 2 nitrogen and oxygen atoms in total. The van der Waals surface area contributed by atoms with E-state index in [4.69, 9.17) is 4.74 Å². The van der Waals surface area contributed by atoms with Gasteiger partial charge < -0.3 is 10.1 Å². The second-order valence-electron chi connectivity index (χ2n) is 5.68. The SMILES string of the molecule is CCOC1CC(NCC2CCCCC2C)C1. The first-order chi connectivity index (χ1) is 7.79. The van der Waals surface area contributed by atoms with Gasteiger partial charge in [0.15, 0.2) is 0 Å². The molecule has 2 unspecified atom stereocenters. The van der Waals surface area contributed by atoms with E-state index in [-0.39, 0.29) is 0 Å². The van der Waals surface area contributed by atoms with Crippen molar-refractivity contribution < 1.29 is 4.74 Å². The number of hydrogen-bond acceptors (Lipinski definition) is 2. The zero-order valence-electron chi connectivity index (χ0n) is 10.9. The third-order valence-corrected chi connectivity index (χ3v) is 4.46. The van der Waals surface area contributed by atoms with E-state index in [0.717, 1.165) is 24.5 Å². The lowest BCUT2D eigenvalue weighted by atomic mass is 9.80. The van der Waals surface area contributed by atoms with Crippen LogP contribution in [-0.4, -0.2) is 25.3 Å². The molecule has 0 aromatic carbocycles. The molecule has 0 saturated heterocycles. The summed E-state index contributed by atoms with van der Waals surface area (Å²) < 4.78 is 5.58.